The summed E-state index contributed by atoms with van der Waals surface area (Å²) in [5, 5.41) is 0. The van der Waals surface area contributed by atoms with Crippen molar-refractivity contribution in [3.63, 3.8) is 0 Å². The van der Waals surface area contributed by atoms with E-state index < -0.39 is 0 Å². The zero-order valence-electron chi connectivity index (χ0n) is 38.4. The van der Waals surface area contributed by atoms with Crippen molar-refractivity contribution < 1.29 is 0 Å². The van der Waals surface area contributed by atoms with Crippen molar-refractivity contribution in [3.05, 3.63) is 258 Å². The van der Waals surface area contributed by atoms with E-state index >= 15 is 0 Å². The Morgan fingerprint density at radius 2 is 0.621 bits per heavy atom. The molecule has 318 valence electrons. The van der Waals surface area contributed by atoms with E-state index in [4.69, 9.17) is 0 Å². The molecule has 1 heteroatoms. The van der Waals surface area contributed by atoms with Gasteiger partial charge >= 0.3 is 0 Å². The second kappa shape index (κ2) is 18.2. The van der Waals surface area contributed by atoms with Crippen LogP contribution in [0.5, 0.6) is 0 Å². The van der Waals surface area contributed by atoms with E-state index in [1.165, 1.54) is 106 Å². The Balaban J connectivity index is 1.09. The van der Waals surface area contributed by atoms with Gasteiger partial charge in [0.1, 0.15) is 0 Å². The van der Waals surface area contributed by atoms with E-state index in [0.717, 1.165) is 17.1 Å². The van der Waals surface area contributed by atoms with Crippen LogP contribution in [0, 0.1) is 34.6 Å². The SMILES string of the molecule is Cc1ccccc1-c1cccc(-c2cc(-c3ccccc3C)c(C)c(-c3ccc(-c4ccccc4N(c4ccc(-c5ccccc5)cc4)c4ccc(-c5ccccc5)cc4)cc3C)c2)c1C. The topological polar surface area (TPSA) is 3.24 Å². The third kappa shape index (κ3) is 8.17. The first-order valence-corrected chi connectivity index (χ1v) is 23.0. The molecule has 0 fully saturated rings. The van der Waals surface area contributed by atoms with Crippen molar-refractivity contribution in [2.45, 2.75) is 34.6 Å². The lowest BCUT2D eigenvalue weighted by atomic mass is 9.84. The largest absolute Gasteiger partial charge is 0.310 e. The van der Waals surface area contributed by atoms with E-state index in [-0.39, 0.29) is 0 Å². The summed E-state index contributed by atoms with van der Waals surface area (Å²) >= 11 is 0. The van der Waals surface area contributed by atoms with Crippen LogP contribution in [0.1, 0.15) is 27.8 Å². The number of hydrogen-bond donors (Lipinski definition) is 0. The number of aryl methyl sites for hydroxylation is 3. The molecule has 0 saturated heterocycles. The highest BCUT2D eigenvalue weighted by molar-refractivity contribution is 5.92. The molecule has 0 N–H and O–H groups in total. The van der Waals surface area contributed by atoms with Crippen LogP contribution in [0.15, 0.2) is 231 Å². The van der Waals surface area contributed by atoms with Crippen molar-refractivity contribution >= 4 is 17.1 Å². The Morgan fingerprint density at radius 3 is 1.15 bits per heavy atom. The van der Waals surface area contributed by atoms with Gasteiger partial charge in [-0.15, -0.1) is 0 Å². The molecule has 0 saturated carbocycles. The van der Waals surface area contributed by atoms with Crippen LogP contribution in [0.4, 0.5) is 17.1 Å². The van der Waals surface area contributed by atoms with Gasteiger partial charge in [0.15, 0.2) is 0 Å². The number of rotatable bonds is 10. The molecule has 0 spiro atoms. The van der Waals surface area contributed by atoms with Crippen LogP contribution in [0.2, 0.25) is 0 Å². The predicted molar refractivity (Wildman–Crippen MR) is 283 cm³/mol. The lowest BCUT2D eigenvalue weighted by Gasteiger charge is -2.28. The molecule has 10 aromatic rings. The van der Waals surface area contributed by atoms with Gasteiger partial charge < -0.3 is 4.90 Å². The zero-order chi connectivity index (χ0) is 45.1. The standard InChI is InChI=1S/C65H53N/c1-44-19-12-14-25-57(44)61-29-18-28-60(47(61)4)54-42-63(58-26-15-13-20-45(58)2)48(5)64(43-54)59-40-35-53(41-46(59)3)62-27-16-17-30-65(62)66(55-36-31-51(32-37-55)49-21-8-6-9-22-49)56-38-33-52(34-39-56)50-23-10-7-11-24-50/h6-43H,1-5H3. The second-order valence-electron chi connectivity index (χ2n) is 17.5. The van der Waals surface area contributed by atoms with Crippen LogP contribution >= 0.6 is 0 Å². The summed E-state index contributed by atoms with van der Waals surface area (Å²) < 4.78 is 0. The van der Waals surface area contributed by atoms with Crippen LogP contribution in [-0.2, 0) is 0 Å². The van der Waals surface area contributed by atoms with E-state index in [1.54, 1.807) is 0 Å². The molecule has 0 aliphatic carbocycles. The molecule has 0 atom stereocenters. The van der Waals surface area contributed by atoms with E-state index in [9.17, 15) is 0 Å². The third-order valence-electron chi connectivity index (χ3n) is 13.4. The van der Waals surface area contributed by atoms with Gasteiger partial charge in [0, 0.05) is 16.9 Å². The van der Waals surface area contributed by atoms with Gasteiger partial charge in [-0.05, 0) is 177 Å². The van der Waals surface area contributed by atoms with Crippen molar-refractivity contribution in [1.82, 2.24) is 0 Å². The second-order valence-corrected chi connectivity index (χ2v) is 17.5. The number of nitrogens with zero attached hydrogens (tertiary/aromatic N) is 1. The van der Waals surface area contributed by atoms with E-state index in [0.29, 0.717) is 0 Å². The first kappa shape index (κ1) is 42.0. The maximum atomic E-state index is 2.43. The smallest absolute Gasteiger partial charge is 0.0540 e. The van der Waals surface area contributed by atoms with Crippen LogP contribution in [0.3, 0.4) is 0 Å². The Morgan fingerprint density at radius 1 is 0.227 bits per heavy atom. The van der Waals surface area contributed by atoms with Gasteiger partial charge in [-0.3, -0.25) is 0 Å². The molecule has 0 aliphatic heterocycles. The van der Waals surface area contributed by atoms with Crippen molar-refractivity contribution in [3.8, 4) is 77.9 Å². The fraction of sp³-hybridized carbons (Fsp3) is 0.0769. The molecule has 0 aliphatic rings. The van der Waals surface area contributed by atoms with Crippen molar-refractivity contribution in [2.75, 3.05) is 4.90 Å². The summed E-state index contributed by atoms with van der Waals surface area (Å²) in [7, 11) is 0. The van der Waals surface area contributed by atoms with Crippen LogP contribution in [-0.4, -0.2) is 0 Å². The summed E-state index contributed by atoms with van der Waals surface area (Å²) in [4.78, 5) is 2.40. The molecule has 10 aromatic carbocycles. The van der Waals surface area contributed by atoms with E-state index in [1.807, 2.05) is 0 Å². The highest BCUT2D eigenvalue weighted by atomic mass is 15.1. The molecule has 0 heterocycles. The number of para-hydroxylation sites is 1. The highest BCUT2D eigenvalue weighted by Gasteiger charge is 2.21. The number of benzene rings is 10. The summed E-state index contributed by atoms with van der Waals surface area (Å²) in [5.74, 6) is 0. The van der Waals surface area contributed by atoms with Gasteiger partial charge in [-0.2, -0.15) is 0 Å². The Bertz CT molecular complexity index is 3240. The fourth-order valence-corrected chi connectivity index (χ4v) is 9.76. The summed E-state index contributed by atoms with van der Waals surface area (Å²) in [6.45, 7) is 11.3. The van der Waals surface area contributed by atoms with Crippen molar-refractivity contribution in [2.24, 2.45) is 0 Å². The lowest BCUT2D eigenvalue weighted by molar-refractivity contribution is 1.28. The number of hydrogen-bond acceptors (Lipinski definition) is 1. The summed E-state index contributed by atoms with van der Waals surface area (Å²) in [5.41, 5.74) is 26.9. The third-order valence-corrected chi connectivity index (χ3v) is 13.4. The molecule has 0 unspecified atom stereocenters. The molecule has 66 heavy (non-hydrogen) atoms. The average molecular weight is 848 g/mol. The lowest BCUT2D eigenvalue weighted by Crippen LogP contribution is -2.11. The minimum absolute atomic E-state index is 1.10. The maximum absolute atomic E-state index is 2.43. The Labute approximate surface area is 391 Å². The summed E-state index contributed by atoms with van der Waals surface area (Å²) in [6.07, 6.45) is 0. The highest BCUT2D eigenvalue weighted by Crippen LogP contribution is 2.45. The Kier molecular flexibility index (Phi) is 11.6. The summed E-state index contributed by atoms with van der Waals surface area (Å²) in [6, 6.07) is 84.1. The monoisotopic (exact) mass is 847 g/mol. The quantitative estimate of drug-likeness (QED) is 0.133. The van der Waals surface area contributed by atoms with Gasteiger partial charge in [0.05, 0.1) is 5.69 Å². The molecular formula is C65H53N. The van der Waals surface area contributed by atoms with Crippen molar-refractivity contribution in [1.29, 1.82) is 0 Å². The molecule has 0 radical (unpaired) electrons. The fourth-order valence-electron chi connectivity index (χ4n) is 9.76. The average Bonchev–Trinajstić information content (AvgIpc) is 3.36. The number of anilines is 3. The van der Waals surface area contributed by atoms with E-state index in [2.05, 4.69) is 270 Å². The molecular weight excluding hydrogens is 795 g/mol. The van der Waals surface area contributed by atoms with Crippen LogP contribution < -0.4 is 4.90 Å². The molecule has 0 amide bonds. The van der Waals surface area contributed by atoms with Gasteiger partial charge in [0.25, 0.3) is 0 Å². The molecule has 0 bridgehead atoms. The minimum Gasteiger partial charge on any atom is -0.310 e. The molecule has 10 rings (SSSR count). The Hall–Kier alpha value is -8.00. The predicted octanol–water partition coefficient (Wildman–Crippen LogP) is 18.4. The van der Waals surface area contributed by atoms with Crippen LogP contribution in [0.25, 0.3) is 77.9 Å². The first-order chi connectivity index (χ1) is 32.3. The van der Waals surface area contributed by atoms with Gasteiger partial charge in [-0.25, -0.2) is 0 Å². The van der Waals surface area contributed by atoms with Gasteiger partial charge in [0.2, 0.25) is 0 Å². The molecule has 0 aromatic heterocycles. The minimum atomic E-state index is 1.10. The van der Waals surface area contributed by atoms with Gasteiger partial charge in [-0.1, -0.05) is 188 Å². The normalized spacial score (nSPS) is 11.1. The zero-order valence-corrected chi connectivity index (χ0v) is 38.4. The maximum Gasteiger partial charge on any atom is 0.0540 e. The first-order valence-electron chi connectivity index (χ1n) is 23.0. The molecule has 1 nitrogen and oxygen atoms in total.